The number of halogens is 1. The lowest BCUT2D eigenvalue weighted by Crippen LogP contribution is -2.32. The van der Waals surface area contributed by atoms with Gasteiger partial charge < -0.3 is 10.0 Å². The van der Waals surface area contributed by atoms with Crippen LogP contribution in [0, 0.1) is 12.7 Å². The van der Waals surface area contributed by atoms with Crippen LogP contribution in [0.15, 0.2) is 42.6 Å². The van der Waals surface area contributed by atoms with Gasteiger partial charge in [0.1, 0.15) is 12.4 Å². The highest BCUT2D eigenvalue weighted by Gasteiger charge is 2.20. The lowest BCUT2D eigenvalue weighted by Gasteiger charge is -2.29. The molecule has 1 aromatic carbocycles. The Bertz CT molecular complexity index is 611. The van der Waals surface area contributed by atoms with Crippen molar-refractivity contribution in [2.45, 2.75) is 19.9 Å². The van der Waals surface area contributed by atoms with E-state index in [0.29, 0.717) is 5.69 Å². The maximum absolute atomic E-state index is 13.0. The van der Waals surface area contributed by atoms with Crippen LogP contribution in [0.1, 0.15) is 24.2 Å². The zero-order valence-corrected chi connectivity index (χ0v) is 12.0. The number of aryl methyl sites for hydroxylation is 1. The second kappa shape index (κ2) is 6.35. The fraction of sp³-hybridized carbons (Fsp3) is 0.250. The summed E-state index contributed by atoms with van der Waals surface area (Å²) in [7, 11) is 0. The molecule has 0 saturated carbocycles. The van der Waals surface area contributed by atoms with Crippen LogP contribution in [0.4, 0.5) is 10.1 Å². The molecule has 0 aliphatic heterocycles. The van der Waals surface area contributed by atoms with Gasteiger partial charge in [-0.3, -0.25) is 9.78 Å². The summed E-state index contributed by atoms with van der Waals surface area (Å²) in [5.74, 6) is -1.34. The number of aromatic nitrogens is 1. The van der Waals surface area contributed by atoms with Crippen LogP contribution in [0.5, 0.6) is 0 Å². The lowest BCUT2D eigenvalue weighted by atomic mass is 10.1. The molecule has 0 fully saturated rings. The molecule has 1 unspecified atom stereocenters. The molecule has 21 heavy (non-hydrogen) atoms. The highest BCUT2D eigenvalue weighted by atomic mass is 19.1. The Balaban J connectivity index is 2.32. The quantitative estimate of drug-likeness (QED) is 0.918. The van der Waals surface area contributed by atoms with Crippen molar-refractivity contribution < 1.29 is 14.3 Å². The standard InChI is InChI=1S/C16H17FN2O2/c1-11-3-6-14(7-4-11)19(10-16(20)21)12(2)15-8-5-13(17)9-18-15/h3-9,12H,10H2,1-2H3,(H,20,21). The van der Waals surface area contributed by atoms with Crippen LogP contribution in [-0.4, -0.2) is 22.6 Å². The number of benzene rings is 1. The highest BCUT2D eigenvalue weighted by molar-refractivity contribution is 5.74. The molecule has 110 valence electrons. The minimum atomic E-state index is -0.926. The second-order valence-corrected chi connectivity index (χ2v) is 4.93. The predicted octanol–water partition coefficient (Wildman–Crippen LogP) is 3.18. The summed E-state index contributed by atoms with van der Waals surface area (Å²) < 4.78 is 13.0. The van der Waals surface area contributed by atoms with Crippen molar-refractivity contribution in [1.29, 1.82) is 0 Å². The third-order valence-electron chi connectivity index (χ3n) is 3.32. The molecule has 2 rings (SSSR count). The number of nitrogens with zero attached hydrogens (tertiary/aromatic N) is 2. The number of rotatable bonds is 5. The van der Waals surface area contributed by atoms with Crippen molar-refractivity contribution in [2.75, 3.05) is 11.4 Å². The van der Waals surface area contributed by atoms with Gasteiger partial charge in [0.2, 0.25) is 0 Å². The largest absolute Gasteiger partial charge is 0.480 e. The Morgan fingerprint density at radius 1 is 1.29 bits per heavy atom. The molecular weight excluding hydrogens is 271 g/mol. The fourth-order valence-corrected chi connectivity index (χ4v) is 2.13. The van der Waals surface area contributed by atoms with E-state index in [1.54, 1.807) is 11.0 Å². The van der Waals surface area contributed by atoms with Crippen molar-refractivity contribution in [1.82, 2.24) is 4.98 Å². The Hall–Kier alpha value is -2.43. The van der Waals surface area contributed by atoms with E-state index in [-0.39, 0.29) is 12.6 Å². The van der Waals surface area contributed by atoms with E-state index < -0.39 is 11.8 Å². The van der Waals surface area contributed by atoms with Crippen LogP contribution >= 0.6 is 0 Å². The molecule has 1 N–H and O–H groups in total. The first-order valence-electron chi connectivity index (χ1n) is 6.64. The van der Waals surface area contributed by atoms with Crippen molar-refractivity contribution >= 4 is 11.7 Å². The van der Waals surface area contributed by atoms with Crippen molar-refractivity contribution in [3.05, 3.63) is 59.7 Å². The smallest absolute Gasteiger partial charge is 0.323 e. The minimum Gasteiger partial charge on any atom is -0.480 e. The van der Waals surface area contributed by atoms with Crippen LogP contribution in [0.3, 0.4) is 0 Å². The molecule has 2 aromatic rings. The van der Waals surface area contributed by atoms with Crippen LogP contribution < -0.4 is 4.90 Å². The van der Waals surface area contributed by atoms with Gasteiger partial charge in [0, 0.05) is 5.69 Å². The molecule has 1 aromatic heterocycles. The van der Waals surface area contributed by atoms with Crippen LogP contribution in [0.2, 0.25) is 0 Å². The normalized spacial score (nSPS) is 12.0. The number of carboxylic acids is 1. The van der Waals surface area contributed by atoms with Gasteiger partial charge in [-0.15, -0.1) is 0 Å². The third-order valence-corrected chi connectivity index (χ3v) is 3.32. The van der Waals surface area contributed by atoms with Gasteiger partial charge >= 0.3 is 5.97 Å². The zero-order valence-electron chi connectivity index (χ0n) is 12.0. The molecular formula is C16H17FN2O2. The number of pyridine rings is 1. The summed E-state index contributed by atoms with van der Waals surface area (Å²) in [6.07, 6.45) is 1.14. The minimum absolute atomic E-state index is 0.150. The Kier molecular flexibility index (Phi) is 4.52. The van der Waals surface area contributed by atoms with E-state index in [9.17, 15) is 9.18 Å². The van der Waals surface area contributed by atoms with Crippen LogP contribution in [0.25, 0.3) is 0 Å². The van der Waals surface area contributed by atoms with Gasteiger partial charge in [0.25, 0.3) is 0 Å². The van der Waals surface area contributed by atoms with Gasteiger partial charge in [-0.1, -0.05) is 17.7 Å². The summed E-state index contributed by atoms with van der Waals surface area (Å²) in [6.45, 7) is 3.67. The number of aliphatic carboxylic acids is 1. The fourth-order valence-electron chi connectivity index (χ4n) is 2.13. The molecule has 0 spiro atoms. The summed E-state index contributed by atoms with van der Waals surface area (Å²) in [6, 6.07) is 10.2. The predicted molar refractivity (Wildman–Crippen MR) is 78.8 cm³/mol. The van der Waals surface area contributed by atoms with Gasteiger partial charge in [-0.05, 0) is 38.1 Å². The van der Waals surface area contributed by atoms with E-state index in [2.05, 4.69) is 4.98 Å². The van der Waals surface area contributed by atoms with E-state index in [1.165, 1.54) is 6.07 Å². The van der Waals surface area contributed by atoms with Gasteiger partial charge in [0.15, 0.2) is 0 Å². The molecule has 0 bridgehead atoms. The van der Waals surface area contributed by atoms with Crippen molar-refractivity contribution in [3.8, 4) is 0 Å². The number of hydrogen-bond acceptors (Lipinski definition) is 3. The summed E-state index contributed by atoms with van der Waals surface area (Å²) >= 11 is 0. The first-order valence-corrected chi connectivity index (χ1v) is 6.64. The molecule has 1 atom stereocenters. The van der Waals surface area contributed by atoms with Crippen LogP contribution in [-0.2, 0) is 4.79 Å². The van der Waals surface area contributed by atoms with E-state index in [4.69, 9.17) is 5.11 Å². The number of carbonyl (C=O) groups is 1. The van der Waals surface area contributed by atoms with E-state index >= 15 is 0 Å². The average molecular weight is 288 g/mol. The highest BCUT2D eigenvalue weighted by Crippen LogP contribution is 2.26. The number of anilines is 1. The SMILES string of the molecule is Cc1ccc(N(CC(=O)O)C(C)c2ccc(F)cn2)cc1. The molecule has 0 aliphatic rings. The summed E-state index contributed by atoms with van der Waals surface area (Å²) in [5.41, 5.74) is 2.52. The van der Waals surface area contributed by atoms with Gasteiger partial charge in [-0.2, -0.15) is 0 Å². The lowest BCUT2D eigenvalue weighted by molar-refractivity contribution is -0.135. The first kappa shape index (κ1) is 15.0. The maximum Gasteiger partial charge on any atom is 0.323 e. The Labute approximate surface area is 122 Å². The topological polar surface area (TPSA) is 53.4 Å². The van der Waals surface area contributed by atoms with Gasteiger partial charge in [-0.25, -0.2) is 4.39 Å². The number of carboxylic acid groups (broad SMARTS) is 1. The molecule has 0 saturated heterocycles. The zero-order chi connectivity index (χ0) is 15.4. The molecule has 4 nitrogen and oxygen atoms in total. The molecule has 0 radical (unpaired) electrons. The second-order valence-electron chi connectivity index (χ2n) is 4.93. The monoisotopic (exact) mass is 288 g/mol. The molecule has 0 amide bonds. The first-order chi connectivity index (χ1) is 9.97. The number of hydrogen-bond donors (Lipinski definition) is 1. The van der Waals surface area contributed by atoms with Crippen molar-refractivity contribution in [3.63, 3.8) is 0 Å². The van der Waals surface area contributed by atoms with Crippen molar-refractivity contribution in [2.24, 2.45) is 0 Å². The average Bonchev–Trinajstić information content (AvgIpc) is 2.46. The van der Waals surface area contributed by atoms with E-state index in [1.807, 2.05) is 38.1 Å². The van der Waals surface area contributed by atoms with Gasteiger partial charge in [0.05, 0.1) is 17.9 Å². The molecule has 5 heteroatoms. The molecule has 1 heterocycles. The van der Waals surface area contributed by atoms with E-state index in [0.717, 1.165) is 17.4 Å². The maximum atomic E-state index is 13.0. The Morgan fingerprint density at radius 3 is 2.48 bits per heavy atom. The Morgan fingerprint density at radius 2 is 1.95 bits per heavy atom. The third kappa shape index (κ3) is 3.78. The summed E-state index contributed by atoms with van der Waals surface area (Å²) in [5, 5.41) is 9.12. The molecule has 0 aliphatic carbocycles. The summed E-state index contributed by atoms with van der Waals surface area (Å²) in [4.78, 5) is 16.9.